The molecule has 1 saturated heterocycles. The van der Waals surface area contributed by atoms with Gasteiger partial charge in [-0.25, -0.2) is 13.6 Å². The van der Waals surface area contributed by atoms with Crippen LogP contribution in [0, 0.1) is 11.6 Å². The van der Waals surface area contributed by atoms with Crippen LogP contribution in [0.4, 0.5) is 13.6 Å². The Labute approximate surface area is 133 Å². The lowest BCUT2D eigenvalue weighted by Gasteiger charge is -2.33. The monoisotopic (exact) mass is 326 g/mol. The lowest BCUT2D eigenvalue weighted by molar-refractivity contribution is -0.124. The van der Waals surface area contributed by atoms with Gasteiger partial charge in [-0.2, -0.15) is 0 Å². The van der Waals surface area contributed by atoms with Crippen molar-refractivity contribution < 1.29 is 23.1 Å². The van der Waals surface area contributed by atoms with Crippen molar-refractivity contribution in [2.75, 3.05) is 0 Å². The number of halogens is 2. The van der Waals surface area contributed by atoms with E-state index in [-0.39, 0.29) is 17.9 Å². The minimum atomic E-state index is -0.848. The highest BCUT2D eigenvalue weighted by Gasteiger charge is 2.34. The molecule has 0 aliphatic carbocycles. The lowest BCUT2D eigenvalue weighted by atomic mass is 9.91. The van der Waals surface area contributed by atoms with Crippen LogP contribution in [0.2, 0.25) is 0 Å². The molecule has 5 nitrogen and oxygen atoms in total. The zero-order valence-electron chi connectivity index (χ0n) is 13.3. The average molecular weight is 326 g/mol. The van der Waals surface area contributed by atoms with E-state index in [0.717, 1.165) is 18.2 Å². The Morgan fingerprint density at radius 1 is 1.35 bits per heavy atom. The van der Waals surface area contributed by atoms with Crippen molar-refractivity contribution in [3.05, 3.63) is 35.4 Å². The Morgan fingerprint density at radius 3 is 2.70 bits per heavy atom. The van der Waals surface area contributed by atoms with Crippen molar-refractivity contribution in [1.29, 1.82) is 0 Å². The van der Waals surface area contributed by atoms with Gasteiger partial charge in [0.1, 0.15) is 17.2 Å². The number of benzene rings is 1. The van der Waals surface area contributed by atoms with Crippen molar-refractivity contribution in [3.63, 3.8) is 0 Å². The molecule has 0 radical (unpaired) electrons. The zero-order valence-corrected chi connectivity index (χ0v) is 13.3. The van der Waals surface area contributed by atoms with Crippen LogP contribution in [0.5, 0.6) is 0 Å². The molecule has 0 spiro atoms. The molecule has 2 atom stereocenters. The topological polar surface area (TPSA) is 67.4 Å². The summed E-state index contributed by atoms with van der Waals surface area (Å²) in [5, 5.41) is 5.23. The fraction of sp³-hybridized carbons (Fsp3) is 0.500. The highest BCUT2D eigenvalue weighted by atomic mass is 19.1. The minimum absolute atomic E-state index is 0.000825. The van der Waals surface area contributed by atoms with Gasteiger partial charge in [0.05, 0.1) is 12.1 Å². The normalized spacial score (nSPS) is 21.5. The number of amides is 2. The summed E-state index contributed by atoms with van der Waals surface area (Å²) in [5.41, 5.74) is -0.680. The van der Waals surface area contributed by atoms with Gasteiger partial charge in [0.15, 0.2) is 0 Å². The number of ether oxygens (including phenoxy) is 1. The van der Waals surface area contributed by atoms with E-state index >= 15 is 0 Å². The van der Waals surface area contributed by atoms with E-state index in [9.17, 15) is 18.4 Å². The second-order valence-corrected chi connectivity index (χ2v) is 6.50. The van der Waals surface area contributed by atoms with Crippen molar-refractivity contribution in [2.24, 2.45) is 0 Å². The quantitative estimate of drug-likeness (QED) is 0.878. The summed E-state index contributed by atoms with van der Waals surface area (Å²) in [6.07, 6.45) is -0.167. The van der Waals surface area contributed by atoms with E-state index in [1.807, 2.05) is 0 Å². The standard InChI is InChI=1S/C16H20F2N2O3/c1-16(2,3)23-15(22)19-12-6-7-13(21)20-14(12)10-8-9(17)4-5-11(10)18/h4-5,8,12,14H,6-7H2,1-3H3,(H,19,22)(H,20,21)/t12-,14+/m0/s1. The maximum atomic E-state index is 14.0. The van der Waals surface area contributed by atoms with Crippen LogP contribution in [-0.4, -0.2) is 23.6 Å². The molecule has 0 saturated carbocycles. The summed E-state index contributed by atoms with van der Waals surface area (Å²) in [4.78, 5) is 23.6. The molecule has 1 fully saturated rings. The average Bonchev–Trinajstić information content (AvgIpc) is 2.41. The Bertz CT molecular complexity index is 614. The minimum Gasteiger partial charge on any atom is -0.444 e. The number of carbonyl (C=O) groups is 2. The SMILES string of the molecule is CC(C)(C)OC(=O)N[C@H]1CCC(=O)N[C@@H]1c1cc(F)ccc1F. The van der Waals surface area contributed by atoms with E-state index in [1.54, 1.807) is 20.8 Å². The van der Waals surface area contributed by atoms with E-state index in [1.165, 1.54) is 0 Å². The Balaban J connectivity index is 2.21. The molecule has 23 heavy (non-hydrogen) atoms. The molecule has 126 valence electrons. The molecule has 1 aliphatic rings. The van der Waals surface area contributed by atoms with Gasteiger partial charge < -0.3 is 15.4 Å². The van der Waals surface area contributed by atoms with Crippen LogP contribution >= 0.6 is 0 Å². The third kappa shape index (κ3) is 4.64. The van der Waals surface area contributed by atoms with Crippen LogP contribution in [0.15, 0.2) is 18.2 Å². The number of piperidine rings is 1. The van der Waals surface area contributed by atoms with Gasteiger partial charge in [-0.1, -0.05) is 0 Å². The largest absolute Gasteiger partial charge is 0.444 e. The molecule has 0 unspecified atom stereocenters. The van der Waals surface area contributed by atoms with Crippen LogP contribution in [0.1, 0.15) is 45.2 Å². The maximum Gasteiger partial charge on any atom is 0.407 e. The first-order valence-electron chi connectivity index (χ1n) is 7.39. The van der Waals surface area contributed by atoms with Crippen molar-refractivity contribution in [3.8, 4) is 0 Å². The summed E-state index contributed by atoms with van der Waals surface area (Å²) in [5.74, 6) is -1.53. The van der Waals surface area contributed by atoms with Gasteiger partial charge in [0.2, 0.25) is 5.91 Å². The van der Waals surface area contributed by atoms with Gasteiger partial charge >= 0.3 is 6.09 Å². The fourth-order valence-corrected chi connectivity index (χ4v) is 2.46. The summed E-state index contributed by atoms with van der Waals surface area (Å²) >= 11 is 0. The molecule has 2 rings (SSSR count). The van der Waals surface area contributed by atoms with Crippen LogP contribution in [-0.2, 0) is 9.53 Å². The molecular weight excluding hydrogens is 306 g/mol. The first kappa shape index (κ1) is 17.2. The van der Waals surface area contributed by atoms with Crippen molar-refractivity contribution in [2.45, 2.75) is 51.3 Å². The third-order valence-electron chi connectivity index (χ3n) is 3.40. The first-order chi connectivity index (χ1) is 10.7. The number of hydrogen-bond acceptors (Lipinski definition) is 3. The zero-order chi connectivity index (χ0) is 17.2. The van der Waals surface area contributed by atoms with Gasteiger partial charge in [-0.3, -0.25) is 4.79 Å². The highest BCUT2D eigenvalue weighted by Crippen LogP contribution is 2.27. The third-order valence-corrected chi connectivity index (χ3v) is 3.40. The molecule has 2 amide bonds. The van der Waals surface area contributed by atoms with Crippen LogP contribution in [0.3, 0.4) is 0 Å². The molecular formula is C16H20F2N2O3. The number of carbonyl (C=O) groups excluding carboxylic acids is 2. The number of hydrogen-bond donors (Lipinski definition) is 2. The molecule has 7 heteroatoms. The molecule has 1 aromatic carbocycles. The summed E-state index contributed by atoms with van der Waals surface area (Å²) < 4.78 is 32.6. The molecule has 1 heterocycles. The molecule has 1 aromatic rings. The Kier molecular flexibility index (Phi) is 4.87. The van der Waals surface area contributed by atoms with Crippen molar-refractivity contribution >= 4 is 12.0 Å². The van der Waals surface area contributed by atoms with E-state index < -0.39 is 35.4 Å². The molecule has 0 bridgehead atoms. The number of nitrogens with one attached hydrogen (secondary N) is 2. The van der Waals surface area contributed by atoms with E-state index in [0.29, 0.717) is 6.42 Å². The molecule has 2 N–H and O–H groups in total. The maximum absolute atomic E-state index is 14.0. The van der Waals surface area contributed by atoms with Gasteiger partial charge in [-0.05, 0) is 45.4 Å². The highest BCUT2D eigenvalue weighted by molar-refractivity contribution is 5.78. The second kappa shape index (κ2) is 6.52. The smallest absolute Gasteiger partial charge is 0.407 e. The Hall–Kier alpha value is -2.18. The Morgan fingerprint density at radius 2 is 2.04 bits per heavy atom. The fourth-order valence-electron chi connectivity index (χ4n) is 2.46. The lowest BCUT2D eigenvalue weighted by Crippen LogP contribution is -2.51. The van der Waals surface area contributed by atoms with Gasteiger partial charge in [0, 0.05) is 12.0 Å². The van der Waals surface area contributed by atoms with Gasteiger partial charge in [-0.15, -0.1) is 0 Å². The first-order valence-corrected chi connectivity index (χ1v) is 7.39. The summed E-state index contributed by atoms with van der Waals surface area (Å²) in [6, 6.07) is 1.59. The molecule has 0 aromatic heterocycles. The van der Waals surface area contributed by atoms with Crippen molar-refractivity contribution in [1.82, 2.24) is 10.6 Å². The molecule has 1 aliphatic heterocycles. The van der Waals surface area contributed by atoms with Crippen LogP contribution < -0.4 is 10.6 Å². The predicted octanol–water partition coefficient (Wildman–Crippen LogP) is 2.81. The van der Waals surface area contributed by atoms with E-state index in [4.69, 9.17) is 4.74 Å². The van der Waals surface area contributed by atoms with Crippen LogP contribution in [0.25, 0.3) is 0 Å². The van der Waals surface area contributed by atoms with E-state index in [2.05, 4.69) is 10.6 Å². The predicted molar refractivity (Wildman–Crippen MR) is 79.6 cm³/mol. The van der Waals surface area contributed by atoms with Gasteiger partial charge in [0.25, 0.3) is 0 Å². The number of rotatable bonds is 2. The summed E-state index contributed by atoms with van der Waals surface area (Å²) in [6.45, 7) is 5.16. The second-order valence-electron chi connectivity index (χ2n) is 6.50. The number of alkyl carbamates (subject to hydrolysis) is 1. The summed E-state index contributed by atoms with van der Waals surface area (Å²) in [7, 11) is 0.